The number of ether oxygens (including phenoxy) is 2. The minimum Gasteiger partial charge on any atom is -0.444 e. The maximum atomic E-state index is 12.7. The van der Waals surface area contributed by atoms with Gasteiger partial charge in [-0.2, -0.15) is 13.2 Å². The molecule has 0 bridgehead atoms. The number of nitrogens with one attached hydrogen (secondary N) is 2. The lowest BCUT2D eigenvalue weighted by Gasteiger charge is -2.23. The fourth-order valence-corrected chi connectivity index (χ4v) is 1.32. The van der Waals surface area contributed by atoms with Gasteiger partial charge in [-0.15, -0.1) is 0 Å². The first-order valence-electron chi connectivity index (χ1n) is 6.27. The molecular formula is C12H21F3N2O4. The van der Waals surface area contributed by atoms with Crippen molar-refractivity contribution in [2.75, 3.05) is 20.3 Å². The van der Waals surface area contributed by atoms with Gasteiger partial charge in [0, 0.05) is 13.7 Å². The van der Waals surface area contributed by atoms with Crippen LogP contribution < -0.4 is 10.6 Å². The standard InChI is InChI=1S/C12H21F3N2O4/c1-11(2,3)21-10(19)16-6-5-8(12(13,14)15)17-9(18)7-20-4/h8H,5-7H2,1-4H3,(H,16,19)(H,17,18)/t8-/m1/s1. The highest BCUT2D eigenvalue weighted by atomic mass is 19.4. The zero-order valence-electron chi connectivity index (χ0n) is 12.5. The lowest BCUT2D eigenvalue weighted by Crippen LogP contribution is -2.48. The Bertz CT molecular complexity index is 353. The van der Waals surface area contributed by atoms with E-state index >= 15 is 0 Å². The third-order valence-electron chi connectivity index (χ3n) is 2.11. The fourth-order valence-electron chi connectivity index (χ4n) is 1.32. The molecule has 0 spiro atoms. The van der Waals surface area contributed by atoms with Crippen molar-refractivity contribution in [1.29, 1.82) is 0 Å². The molecule has 0 radical (unpaired) electrons. The minimum absolute atomic E-state index is 0.285. The highest BCUT2D eigenvalue weighted by molar-refractivity contribution is 5.77. The molecule has 21 heavy (non-hydrogen) atoms. The zero-order chi connectivity index (χ0) is 16.7. The summed E-state index contributed by atoms with van der Waals surface area (Å²) in [5.74, 6) is -0.878. The monoisotopic (exact) mass is 314 g/mol. The Morgan fingerprint density at radius 1 is 1.19 bits per heavy atom. The molecule has 2 N–H and O–H groups in total. The number of amides is 2. The maximum Gasteiger partial charge on any atom is 0.408 e. The van der Waals surface area contributed by atoms with Crippen molar-refractivity contribution >= 4 is 12.0 Å². The van der Waals surface area contributed by atoms with Crippen LogP contribution in [0.3, 0.4) is 0 Å². The summed E-state index contributed by atoms with van der Waals surface area (Å²) in [5.41, 5.74) is -0.736. The van der Waals surface area contributed by atoms with Crippen LogP contribution >= 0.6 is 0 Å². The quantitative estimate of drug-likeness (QED) is 0.780. The number of alkyl halides is 3. The second-order valence-electron chi connectivity index (χ2n) is 5.31. The summed E-state index contributed by atoms with van der Waals surface area (Å²) < 4.78 is 47.5. The molecule has 2 amide bonds. The largest absolute Gasteiger partial charge is 0.444 e. The van der Waals surface area contributed by atoms with Gasteiger partial charge in [-0.25, -0.2) is 4.79 Å². The second-order valence-corrected chi connectivity index (χ2v) is 5.31. The van der Waals surface area contributed by atoms with Gasteiger partial charge in [-0.1, -0.05) is 0 Å². The van der Waals surface area contributed by atoms with Crippen LogP contribution in [0.5, 0.6) is 0 Å². The van der Waals surface area contributed by atoms with Gasteiger partial charge in [0.05, 0.1) is 0 Å². The summed E-state index contributed by atoms with van der Waals surface area (Å²) in [7, 11) is 1.20. The van der Waals surface area contributed by atoms with Crippen LogP contribution in [-0.4, -0.2) is 50.1 Å². The Hall–Kier alpha value is -1.51. The number of alkyl carbamates (subject to hydrolysis) is 1. The predicted octanol–water partition coefficient (Wildman–Crippen LogP) is 1.59. The van der Waals surface area contributed by atoms with Crippen molar-refractivity contribution in [2.45, 2.75) is 45.0 Å². The summed E-state index contributed by atoms with van der Waals surface area (Å²) in [6.07, 6.45) is -5.93. The number of rotatable bonds is 6. The molecular weight excluding hydrogens is 293 g/mol. The first-order valence-corrected chi connectivity index (χ1v) is 6.27. The van der Waals surface area contributed by atoms with Gasteiger partial charge in [-0.05, 0) is 27.2 Å². The molecule has 9 heteroatoms. The minimum atomic E-state index is -4.61. The number of hydrogen-bond donors (Lipinski definition) is 2. The normalized spacial score (nSPS) is 13.5. The van der Waals surface area contributed by atoms with E-state index in [2.05, 4.69) is 10.1 Å². The van der Waals surface area contributed by atoms with Gasteiger partial charge < -0.3 is 20.1 Å². The van der Waals surface area contributed by atoms with Crippen LogP contribution in [0.25, 0.3) is 0 Å². The van der Waals surface area contributed by atoms with E-state index < -0.39 is 42.8 Å². The Kier molecular flexibility index (Phi) is 7.48. The molecule has 124 valence electrons. The van der Waals surface area contributed by atoms with Crippen LogP contribution in [0.4, 0.5) is 18.0 Å². The third kappa shape index (κ3) is 9.94. The first-order chi connectivity index (χ1) is 9.45. The fraction of sp³-hybridized carbons (Fsp3) is 0.833. The van der Waals surface area contributed by atoms with Crippen molar-refractivity contribution in [3.8, 4) is 0 Å². The van der Waals surface area contributed by atoms with Gasteiger partial charge in [0.2, 0.25) is 5.91 Å². The summed E-state index contributed by atoms with van der Waals surface area (Å²) >= 11 is 0. The van der Waals surface area contributed by atoms with E-state index in [9.17, 15) is 22.8 Å². The van der Waals surface area contributed by atoms with E-state index in [-0.39, 0.29) is 6.54 Å². The van der Waals surface area contributed by atoms with Gasteiger partial charge >= 0.3 is 12.3 Å². The summed E-state index contributed by atoms with van der Waals surface area (Å²) in [6, 6.07) is -2.06. The molecule has 0 unspecified atom stereocenters. The van der Waals surface area contributed by atoms with Gasteiger partial charge in [0.25, 0.3) is 0 Å². The molecule has 0 aliphatic heterocycles. The van der Waals surface area contributed by atoms with Crippen LogP contribution in [0.2, 0.25) is 0 Å². The van der Waals surface area contributed by atoms with Crippen molar-refractivity contribution in [3.63, 3.8) is 0 Å². The van der Waals surface area contributed by atoms with Crippen molar-refractivity contribution in [2.24, 2.45) is 0 Å². The van der Waals surface area contributed by atoms with E-state index in [4.69, 9.17) is 4.74 Å². The van der Waals surface area contributed by atoms with E-state index in [1.54, 1.807) is 26.1 Å². The SMILES string of the molecule is COCC(=O)N[C@H](CCNC(=O)OC(C)(C)C)C(F)(F)F. The highest BCUT2D eigenvalue weighted by Crippen LogP contribution is 2.22. The van der Waals surface area contributed by atoms with Crippen LogP contribution in [0, 0.1) is 0 Å². The van der Waals surface area contributed by atoms with Crippen molar-refractivity contribution < 1.29 is 32.2 Å². The Labute approximate surface area is 121 Å². The number of hydrogen-bond acceptors (Lipinski definition) is 4. The lowest BCUT2D eigenvalue weighted by atomic mass is 10.2. The van der Waals surface area contributed by atoms with Crippen LogP contribution in [0.1, 0.15) is 27.2 Å². The summed E-state index contributed by atoms with van der Waals surface area (Å²) in [4.78, 5) is 22.4. The Balaban J connectivity index is 4.32. The van der Waals surface area contributed by atoms with Crippen molar-refractivity contribution in [3.05, 3.63) is 0 Å². The maximum absolute atomic E-state index is 12.7. The van der Waals surface area contributed by atoms with E-state index in [1.165, 1.54) is 7.11 Å². The molecule has 0 fully saturated rings. The lowest BCUT2D eigenvalue weighted by molar-refractivity contribution is -0.163. The Morgan fingerprint density at radius 2 is 1.76 bits per heavy atom. The van der Waals surface area contributed by atoms with E-state index in [0.29, 0.717) is 0 Å². The smallest absolute Gasteiger partial charge is 0.408 e. The van der Waals surface area contributed by atoms with Gasteiger partial charge in [-0.3, -0.25) is 4.79 Å². The Morgan fingerprint density at radius 3 is 2.19 bits per heavy atom. The molecule has 0 heterocycles. The molecule has 0 saturated heterocycles. The molecule has 0 aliphatic rings. The molecule has 0 aliphatic carbocycles. The summed E-state index contributed by atoms with van der Waals surface area (Å²) in [5, 5.41) is 4.00. The molecule has 0 rings (SSSR count). The van der Waals surface area contributed by atoms with Crippen molar-refractivity contribution in [1.82, 2.24) is 10.6 Å². The number of methoxy groups -OCH3 is 1. The number of halogens is 3. The molecule has 0 aromatic carbocycles. The number of carbonyl (C=O) groups excluding carboxylic acids is 2. The van der Waals surface area contributed by atoms with E-state index in [1.807, 2.05) is 0 Å². The van der Waals surface area contributed by atoms with Crippen LogP contribution in [0.15, 0.2) is 0 Å². The average Bonchev–Trinajstić information content (AvgIpc) is 2.24. The molecule has 0 aromatic rings. The molecule has 1 atom stereocenters. The molecule has 0 aromatic heterocycles. The van der Waals surface area contributed by atoms with Gasteiger partial charge in [0.15, 0.2) is 0 Å². The zero-order valence-corrected chi connectivity index (χ0v) is 12.5. The van der Waals surface area contributed by atoms with Gasteiger partial charge in [0.1, 0.15) is 18.2 Å². The van der Waals surface area contributed by atoms with E-state index in [0.717, 1.165) is 0 Å². The molecule has 0 saturated carbocycles. The second kappa shape index (κ2) is 8.06. The highest BCUT2D eigenvalue weighted by Gasteiger charge is 2.40. The number of carbonyl (C=O) groups is 2. The third-order valence-corrected chi connectivity index (χ3v) is 2.11. The average molecular weight is 314 g/mol. The molecule has 6 nitrogen and oxygen atoms in total. The van der Waals surface area contributed by atoms with Crippen LogP contribution in [-0.2, 0) is 14.3 Å². The predicted molar refractivity (Wildman–Crippen MR) is 68.7 cm³/mol. The topological polar surface area (TPSA) is 76.7 Å². The first kappa shape index (κ1) is 19.5. The summed E-state index contributed by atoms with van der Waals surface area (Å²) in [6.45, 7) is 4.15.